The van der Waals surface area contributed by atoms with Crippen molar-refractivity contribution in [1.29, 1.82) is 0 Å². The molecule has 2 aromatic rings. The third kappa shape index (κ3) is 2.15. The summed E-state index contributed by atoms with van der Waals surface area (Å²) in [4.78, 5) is 24.0. The van der Waals surface area contributed by atoms with Crippen LogP contribution < -0.4 is 0 Å². The third-order valence-corrected chi connectivity index (χ3v) is 2.53. The molecule has 0 saturated heterocycles. The highest BCUT2D eigenvalue weighted by atomic mass is 19.1. The first-order chi connectivity index (χ1) is 8.11. The number of nitrogens with one attached hydrogen (secondary N) is 1. The van der Waals surface area contributed by atoms with Crippen LogP contribution in [0.3, 0.4) is 0 Å². The van der Waals surface area contributed by atoms with E-state index in [1.165, 1.54) is 18.2 Å². The Kier molecular flexibility index (Phi) is 2.87. The number of aryl methyl sites for hydroxylation is 1. The van der Waals surface area contributed by atoms with Crippen molar-refractivity contribution >= 4 is 29.0 Å². The van der Waals surface area contributed by atoms with E-state index < -0.39 is 5.78 Å². The van der Waals surface area contributed by atoms with Crippen molar-refractivity contribution in [3.8, 4) is 0 Å². The minimum absolute atomic E-state index is 0.215. The van der Waals surface area contributed by atoms with Crippen LogP contribution in [0.2, 0.25) is 0 Å². The average molecular weight is 231 g/mol. The molecule has 0 saturated carbocycles. The Morgan fingerprint density at radius 1 is 1.41 bits per heavy atom. The monoisotopic (exact) mass is 231 g/mol. The maximum atomic E-state index is 13.4. The summed E-state index contributed by atoms with van der Waals surface area (Å²) in [5.41, 5.74) is 2.22. The van der Waals surface area contributed by atoms with Crippen LogP contribution in [-0.2, 0) is 9.59 Å². The number of aromatic nitrogens is 1. The van der Waals surface area contributed by atoms with Crippen molar-refractivity contribution in [2.45, 2.75) is 6.92 Å². The number of hydrogen-bond acceptors (Lipinski definition) is 2. The number of fused-ring (bicyclic) bond motifs is 1. The zero-order valence-electron chi connectivity index (χ0n) is 9.16. The largest absolute Gasteiger partial charge is 0.360 e. The number of ketones is 1. The van der Waals surface area contributed by atoms with Crippen LogP contribution in [0, 0.1) is 12.7 Å². The molecule has 2 rings (SSSR count). The van der Waals surface area contributed by atoms with Crippen LogP contribution >= 0.6 is 0 Å². The Labute approximate surface area is 96.9 Å². The lowest BCUT2D eigenvalue weighted by Crippen LogP contribution is -1.91. The lowest BCUT2D eigenvalue weighted by Gasteiger charge is -1.98. The molecule has 4 heteroatoms. The topological polar surface area (TPSA) is 49.9 Å². The predicted molar refractivity (Wildman–Crippen MR) is 63.1 cm³/mol. The van der Waals surface area contributed by atoms with Crippen LogP contribution in [0.25, 0.3) is 17.0 Å². The number of aromatic amines is 1. The Bertz CT molecular complexity index is 626. The maximum Gasteiger partial charge on any atom is 0.218 e. The molecule has 0 spiro atoms. The first kappa shape index (κ1) is 11.3. The molecule has 1 aromatic heterocycles. The highest BCUT2D eigenvalue weighted by Crippen LogP contribution is 2.23. The van der Waals surface area contributed by atoms with Crippen LogP contribution in [0.15, 0.2) is 24.4 Å². The molecule has 0 radical (unpaired) electrons. The lowest BCUT2D eigenvalue weighted by atomic mass is 10.1. The fourth-order valence-electron chi connectivity index (χ4n) is 1.70. The van der Waals surface area contributed by atoms with Gasteiger partial charge in [-0.25, -0.2) is 4.39 Å². The van der Waals surface area contributed by atoms with Crippen LogP contribution in [0.4, 0.5) is 4.39 Å². The van der Waals surface area contributed by atoms with E-state index in [0.29, 0.717) is 5.56 Å². The van der Waals surface area contributed by atoms with Crippen molar-refractivity contribution in [1.82, 2.24) is 4.98 Å². The molecule has 0 amide bonds. The van der Waals surface area contributed by atoms with Crippen molar-refractivity contribution < 1.29 is 14.0 Å². The summed E-state index contributed by atoms with van der Waals surface area (Å²) < 4.78 is 13.4. The second-order valence-corrected chi connectivity index (χ2v) is 3.74. The normalized spacial score (nSPS) is 11.2. The summed E-state index contributed by atoms with van der Waals surface area (Å²) in [7, 11) is 0. The predicted octanol–water partition coefficient (Wildman–Crippen LogP) is 2.40. The van der Waals surface area contributed by atoms with Gasteiger partial charge >= 0.3 is 0 Å². The first-order valence-corrected chi connectivity index (χ1v) is 5.06. The quantitative estimate of drug-likeness (QED) is 0.501. The molecule has 0 bridgehead atoms. The molecule has 3 nitrogen and oxygen atoms in total. The molecule has 0 aliphatic rings. The Balaban J connectivity index is 2.56. The smallest absolute Gasteiger partial charge is 0.218 e. The van der Waals surface area contributed by atoms with E-state index in [4.69, 9.17) is 0 Å². The van der Waals surface area contributed by atoms with Crippen molar-refractivity contribution in [3.63, 3.8) is 0 Å². The van der Waals surface area contributed by atoms with Gasteiger partial charge in [-0.15, -0.1) is 0 Å². The van der Waals surface area contributed by atoms with Crippen LogP contribution in [0.5, 0.6) is 0 Å². The van der Waals surface area contributed by atoms with Crippen molar-refractivity contribution in [2.24, 2.45) is 0 Å². The number of benzene rings is 1. The molecule has 1 heterocycles. The van der Waals surface area contributed by atoms with E-state index in [1.54, 1.807) is 6.20 Å². The van der Waals surface area contributed by atoms with Crippen LogP contribution in [0.1, 0.15) is 11.1 Å². The van der Waals surface area contributed by atoms with E-state index in [9.17, 15) is 14.0 Å². The number of H-pyrrole nitrogens is 1. The zero-order chi connectivity index (χ0) is 12.4. The van der Waals surface area contributed by atoms with E-state index in [2.05, 4.69) is 4.98 Å². The van der Waals surface area contributed by atoms with Crippen molar-refractivity contribution in [3.05, 3.63) is 41.3 Å². The molecule has 0 atom stereocenters. The minimum Gasteiger partial charge on any atom is -0.360 e. The molecule has 0 aliphatic carbocycles. The molecule has 86 valence electrons. The third-order valence-electron chi connectivity index (χ3n) is 2.53. The number of carbonyl (C=O) groups is 2. The van der Waals surface area contributed by atoms with Gasteiger partial charge in [-0.1, -0.05) is 0 Å². The Morgan fingerprint density at radius 3 is 2.88 bits per heavy atom. The van der Waals surface area contributed by atoms with Gasteiger partial charge in [0.1, 0.15) is 5.82 Å². The second kappa shape index (κ2) is 4.33. The molecular formula is C13H10FNO2. The Morgan fingerprint density at radius 2 is 2.18 bits per heavy atom. The lowest BCUT2D eigenvalue weighted by molar-refractivity contribution is -0.126. The highest BCUT2D eigenvalue weighted by molar-refractivity contribution is 6.31. The van der Waals surface area contributed by atoms with Gasteiger partial charge in [0.2, 0.25) is 5.78 Å². The van der Waals surface area contributed by atoms with Crippen molar-refractivity contribution in [2.75, 3.05) is 0 Å². The van der Waals surface area contributed by atoms with E-state index >= 15 is 0 Å². The molecule has 0 fully saturated rings. The van der Waals surface area contributed by atoms with Gasteiger partial charge in [0.15, 0.2) is 6.29 Å². The maximum absolute atomic E-state index is 13.4. The fraction of sp³-hybridized carbons (Fsp3) is 0.0769. The summed E-state index contributed by atoms with van der Waals surface area (Å²) in [6, 6.07) is 2.74. The second-order valence-electron chi connectivity index (χ2n) is 3.74. The number of aldehydes is 1. The minimum atomic E-state index is -0.648. The van der Waals surface area contributed by atoms with Crippen LogP contribution in [-0.4, -0.2) is 17.1 Å². The Hall–Kier alpha value is -2.23. The summed E-state index contributed by atoms with van der Waals surface area (Å²) in [6.07, 6.45) is 4.53. The van der Waals surface area contributed by atoms with Gasteiger partial charge < -0.3 is 4.98 Å². The van der Waals surface area contributed by atoms with E-state index in [-0.39, 0.29) is 12.1 Å². The molecule has 0 aliphatic heterocycles. The highest BCUT2D eigenvalue weighted by Gasteiger charge is 2.06. The van der Waals surface area contributed by atoms with Gasteiger partial charge in [0.25, 0.3) is 0 Å². The van der Waals surface area contributed by atoms with Gasteiger partial charge in [-0.05, 0) is 36.8 Å². The number of carbonyl (C=O) groups excluding carboxylic acids is 2. The summed E-state index contributed by atoms with van der Waals surface area (Å²) in [5.74, 6) is -1.02. The molecule has 1 aromatic carbocycles. The summed E-state index contributed by atoms with van der Waals surface area (Å²) >= 11 is 0. The van der Waals surface area contributed by atoms with Gasteiger partial charge in [-0.2, -0.15) is 0 Å². The number of halogens is 1. The molecule has 17 heavy (non-hydrogen) atoms. The number of rotatable bonds is 3. The van der Waals surface area contributed by atoms with Gasteiger partial charge in [0, 0.05) is 17.1 Å². The average Bonchev–Trinajstić information content (AvgIpc) is 2.68. The number of hydrogen-bond donors (Lipinski definition) is 1. The standard InChI is InChI=1S/C13H10FNO2/c1-8-6-15-13-9(2-3-11(17)7-16)4-10(14)5-12(8)13/h2-7,15H,1H3/b3-2+. The summed E-state index contributed by atoms with van der Waals surface area (Å²) in [6.45, 7) is 1.86. The molecule has 1 N–H and O–H groups in total. The molecule has 0 unspecified atom stereocenters. The number of allylic oxidation sites excluding steroid dienone is 1. The fourth-order valence-corrected chi connectivity index (χ4v) is 1.70. The first-order valence-electron chi connectivity index (χ1n) is 5.06. The van der Waals surface area contributed by atoms with E-state index in [1.807, 2.05) is 6.92 Å². The summed E-state index contributed by atoms with van der Waals surface area (Å²) in [5, 5.41) is 0.767. The van der Waals surface area contributed by atoms with Gasteiger partial charge in [0.05, 0.1) is 5.52 Å². The molecular weight excluding hydrogens is 221 g/mol. The SMILES string of the molecule is Cc1c[nH]c2c(/C=C/C(=O)C=O)cc(F)cc12. The zero-order valence-corrected chi connectivity index (χ0v) is 9.16. The van der Waals surface area contributed by atoms with Gasteiger partial charge in [-0.3, -0.25) is 9.59 Å². The van der Waals surface area contributed by atoms with E-state index in [0.717, 1.165) is 22.5 Å².